The molecule has 0 bridgehead atoms. The normalized spacial score (nSPS) is 10.4. The molecule has 7 nitrogen and oxygen atoms in total. The Morgan fingerprint density at radius 3 is 2.56 bits per heavy atom. The summed E-state index contributed by atoms with van der Waals surface area (Å²) in [4.78, 5) is 23.2. The number of nitrogens with one attached hydrogen (secondary N) is 2. The summed E-state index contributed by atoms with van der Waals surface area (Å²) in [5, 5.41) is 14.2. The molecule has 0 aliphatic heterocycles. The summed E-state index contributed by atoms with van der Waals surface area (Å²) >= 11 is 7.02. The molecule has 2 aromatic carbocycles. The fourth-order valence-corrected chi connectivity index (χ4v) is 2.96. The first-order chi connectivity index (χ1) is 13.0. The van der Waals surface area contributed by atoms with Crippen LogP contribution in [0.25, 0.3) is 11.5 Å². The minimum atomic E-state index is -0.213. The quantitative estimate of drug-likeness (QED) is 0.603. The Balaban J connectivity index is 1.59. The van der Waals surface area contributed by atoms with Gasteiger partial charge in [-0.2, -0.15) is 0 Å². The summed E-state index contributed by atoms with van der Waals surface area (Å²) in [5.41, 5.74) is 1.92. The average molecular weight is 403 g/mol. The Morgan fingerprint density at radius 1 is 1.07 bits per heavy atom. The lowest BCUT2D eigenvalue weighted by molar-refractivity contribution is -0.114. The van der Waals surface area contributed by atoms with E-state index in [2.05, 4.69) is 20.8 Å². The highest BCUT2D eigenvalue weighted by Gasteiger charge is 2.12. The van der Waals surface area contributed by atoms with E-state index >= 15 is 0 Å². The maximum Gasteiger partial charge on any atom is 0.277 e. The highest BCUT2D eigenvalue weighted by atomic mass is 35.5. The maximum absolute atomic E-state index is 12.0. The molecule has 0 saturated carbocycles. The maximum atomic E-state index is 12.0. The lowest BCUT2D eigenvalue weighted by Crippen LogP contribution is -2.13. The number of benzene rings is 2. The summed E-state index contributed by atoms with van der Waals surface area (Å²) in [6, 6.07) is 14.0. The van der Waals surface area contributed by atoms with Crippen molar-refractivity contribution in [1.29, 1.82) is 0 Å². The summed E-state index contributed by atoms with van der Waals surface area (Å²) in [5.74, 6) is 0.0364. The van der Waals surface area contributed by atoms with Crippen LogP contribution in [0.1, 0.15) is 6.92 Å². The first kappa shape index (κ1) is 18.9. The van der Waals surface area contributed by atoms with Crippen LogP contribution >= 0.6 is 23.4 Å². The van der Waals surface area contributed by atoms with E-state index < -0.39 is 0 Å². The molecule has 0 aliphatic carbocycles. The number of rotatable bonds is 6. The van der Waals surface area contributed by atoms with Gasteiger partial charge in [-0.3, -0.25) is 9.59 Å². The Kier molecular flexibility index (Phi) is 6.10. The van der Waals surface area contributed by atoms with E-state index in [0.717, 1.165) is 11.8 Å². The minimum absolute atomic E-state index is 0.111. The van der Waals surface area contributed by atoms with Crippen molar-refractivity contribution in [3.05, 3.63) is 53.6 Å². The van der Waals surface area contributed by atoms with Crippen molar-refractivity contribution in [3.63, 3.8) is 0 Å². The van der Waals surface area contributed by atoms with Crippen LogP contribution in [0.5, 0.6) is 0 Å². The standard InChI is InChI=1S/C18H15ClN4O3S/c1-11(24)20-14-6-2-4-12(8-14)17-22-23-18(26-17)27-10-16(25)21-15-7-3-5-13(19)9-15/h2-9H,10H2,1H3,(H,20,24)(H,21,25). The first-order valence-electron chi connectivity index (χ1n) is 7.89. The molecule has 0 aliphatic rings. The molecule has 2 N–H and O–H groups in total. The summed E-state index contributed by atoms with van der Waals surface area (Å²) in [6.45, 7) is 1.43. The van der Waals surface area contributed by atoms with E-state index in [1.807, 2.05) is 0 Å². The van der Waals surface area contributed by atoms with Gasteiger partial charge >= 0.3 is 0 Å². The second-order valence-electron chi connectivity index (χ2n) is 5.48. The molecule has 0 fully saturated rings. The minimum Gasteiger partial charge on any atom is -0.411 e. The third kappa shape index (κ3) is 5.57. The third-order valence-corrected chi connectivity index (χ3v) is 4.33. The van der Waals surface area contributed by atoms with Crippen molar-refractivity contribution in [3.8, 4) is 11.5 Å². The second kappa shape index (κ2) is 8.70. The van der Waals surface area contributed by atoms with Gasteiger partial charge in [0.1, 0.15) is 0 Å². The molecule has 1 aromatic heterocycles. The van der Waals surface area contributed by atoms with Gasteiger partial charge in [0.15, 0.2) is 0 Å². The van der Waals surface area contributed by atoms with E-state index in [9.17, 15) is 9.59 Å². The predicted molar refractivity (Wildman–Crippen MR) is 105 cm³/mol. The SMILES string of the molecule is CC(=O)Nc1cccc(-c2nnc(SCC(=O)Nc3cccc(Cl)c3)o2)c1. The zero-order chi connectivity index (χ0) is 19.2. The van der Waals surface area contributed by atoms with Crippen molar-refractivity contribution in [2.45, 2.75) is 12.1 Å². The predicted octanol–water partition coefficient (Wildman–Crippen LogP) is 4.08. The zero-order valence-electron chi connectivity index (χ0n) is 14.2. The highest BCUT2D eigenvalue weighted by molar-refractivity contribution is 7.99. The largest absolute Gasteiger partial charge is 0.411 e. The van der Waals surface area contributed by atoms with E-state index in [4.69, 9.17) is 16.0 Å². The van der Waals surface area contributed by atoms with Crippen LogP contribution in [0.2, 0.25) is 5.02 Å². The fraction of sp³-hybridized carbons (Fsp3) is 0.111. The fourth-order valence-electron chi connectivity index (χ4n) is 2.21. The number of hydrogen-bond donors (Lipinski definition) is 2. The molecule has 0 spiro atoms. The molecule has 27 heavy (non-hydrogen) atoms. The van der Waals surface area contributed by atoms with Crippen LogP contribution < -0.4 is 10.6 Å². The van der Waals surface area contributed by atoms with E-state index in [1.165, 1.54) is 6.92 Å². The van der Waals surface area contributed by atoms with Gasteiger partial charge in [-0.05, 0) is 36.4 Å². The van der Waals surface area contributed by atoms with Gasteiger partial charge in [-0.1, -0.05) is 35.5 Å². The van der Waals surface area contributed by atoms with Gasteiger partial charge in [0.25, 0.3) is 5.22 Å². The smallest absolute Gasteiger partial charge is 0.277 e. The third-order valence-electron chi connectivity index (χ3n) is 3.27. The molecule has 0 radical (unpaired) electrons. The average Bonchev–Trinajstić information content (AvgIpc) is 3.09. The first-order valence-corrected chi connectivity index (χ1v) is 9.26. The summed E-state index contributed by atoms with van der Waals surface area (Å²) < 4.78 is 5.58. The molecule has 0 saturated heterocycles. The van der Waals surface area contributed by atoms with E-state index in [1.54, 1.807) is 48.5 Å². The number of anilines is 2. The number of halogens is 1. The zero-order valence-corrected chi connectivity index (χ0v) is 15.8. The Bertz CT molecular complexity index is 977. The van der Waals surface area contributed by atoms with E-state index in [0.29, 0.717) is 27.9 Å². The number of carbonyl (C=O) groups excluding carboxylic acids is 2. The van der Waals surface area contributed by atoms with Gasteiger partial charge in [0.2, 0.25) is 17.7 Å². The highest BCUT2D eigenvalue weighted by Crippen LogP contribution is 2.25. The number of aromatic nitrogens is 2. The molecular weight excluding hydrogens is 388 g/mol. The number of amides is 2. The number of thioether (sulfide) groups is 1. The summed E-state index contributed by atoms with van der Waals surface area (Å²) in [7, 11) is 0. The van der Waals surface area contributed by atoms with E-state index in [-0.39, 0.29) is 22.8 Å². The van der Waals surface area contributed by atoms with Gasteiger partial charge in [0, 0.05) is 28.9 Å². The van der Waals surface area contributed by atoms with Crippen LogP contribution in [0.15, 0.2) is 58.2 Å². The Labute approximate surface area is 164 Å². The summed E-state index contributed by atoms with van der Waals surface area (Å²) in [6.07, 6.45) is 0. The second-order valence-corrected chi connectivity index (χ2v) is 6.85. The van der Waals surface area contributed by atoms with Gasteiger partial charge in [0.05, 0.1) is 5.75 Å². The van der Waals surface area contributed by atoms with Crippen LogP contribution in [0, 0.1) is 0 Å². The molecule has 3 rings (SSSR count). The van der Waals surface area contributed by atoms with Crippen molar-refractivity contribution in [1.82, 2.24) is 10.2 Å². The van der Waals surface area contributed by atoms with Crippen molar-refractivity contribution in [2.24, 2.45) is 0 Å². The molecule has 1 heterocycles. The van der Waals surface area contributed by atoms with Crippen LogP contribution in [-0.2, 0) is 9.59 Å². The topological polar surface area (TPSA) is 97.1 Å². The lowest BCUT2D eigenvalue weighted by atomic mass is 10.2. The molecule has 138 valence electrons. The monoisotopic (exact) mass is 402 g/mol. The van der Waals surface area contributed by atoms with Gasteiger partial charge < -0.3 is 15.1 Å². The van der Waals surface area contributed by atoms with Crippen molar-refractivity contribution < 1.29 is 14.0 Å². The Hall–Kier alpha value is -2.84. The molecule has 9 heteroatoms. The van der Waals surface area contributed by atoms with Crippen molar-refractivity contribution in [2.75, 3.05) is 16.4 Å². The Morgan fingerprint density at radius 2 is 1.81 bits per heavy atom. The molecule has 2 amide bonds. The van der Waals surface area contributed by atoms with Crippen LogP contribution in [0.3, 0.4) is 0 Å². The number of carbonyl (C=O) groups is 2. The van der Waals surface area contributed by atoms with Crippen LogP contribution in [0.4, 0.5) is 11.4 Å². The molecule has 0 unspecified atom stereocenters. The van der Waals surface area contributed by atoms with Crippen LogP contribution in [-0.4, -0.2) is 27.8 Å². The van der Waals surface area contributed by atoms with Gasteiger partial charge in [-0.15, -0.1) is 10.2 Å². The molecular formula is C18H15ClN4O3S. The number of hydrogen-bond acceptors (Lipinski definition) is 6. The van der Waals surface area contributed by atoms with Gasteiger partial charge in [-0.25, -0.2) is 0 Å². The van der Waals surface area contributed by atoms with Crippen molar-refractivity contribution >= 4 is 46.6 Å². The molecule has 0 atom stereocenters. The lowest BCUT2D eigenvalue weighted by Gasteiger charge is -2.04. The number of nitrogens with zero attached hydrogens (tertiary/aromatic N) is 2. The molecule has 3 aromatic rings.